The summed E-state index contributed by atoms with van der Waals surface area (Å²) in [5.74, 6) is -0.431. The first-order chi connectivity index (χ1) is 11.5. The van der Waals surface area contributed by atoms with Gasteiger partial charge in [-0.2, -0.15) is 0 Å². The number of fused-ring (bicyclic) bond motifs is 1. The van der Waals surface area contributed by atoms with Gasteiger partial charge >= 0.3 is 5.97 Å². The van der Waals surface area contributed by atoms with Gasteiger partial charge in [0.05, 0.1) is 0 Å². The van der Waals surface area contributed by atoms with E-state index in [0.717, 1.165) is 30.5 Å². The number of benzene rings is 1. The predicted octanol–water partition coefficient (Wildman–Crippen LogP) is 4.16. The Bertz CT molecular complexity index is 742. The Morgan fingerprint density at radius 2 is 2.04 bits per heavy atom. The van der Waals surface area contributed by atoms with Crippen molar-refractivity contribution >= 4 is 28.9 Å². The molecule has 0 spiro atoms. The Labute approximate surface area is 145 Å². The molecular weight excluding hydrogens is 322 g/mol. The van der Waals surface area contributed by atoms with Gasteiger partial charge in [-0.05, 0) is 48.4 Å². The van der Waals surface area contributed by atoms with Crippen molar-refractivity contribution in [1.29, 1.82) is 0 Å². The van der Waals surface area contributed by atoms with Gasteiger partial charge in [0.1, 0.15) is 4.88 Å². The Balaban J connectivity index is 1.56. The van der Waals surface area contributed by atoms with Gasteiger partial charge < -0.3 is 10.1 Å². The molecule has 0 unspecified atom stereocenters. The van der Waals surface area contributed by atoms with Crippen LogP contribution in [0.2, 0.25) is 0 Å². The molecule has 1 aliphatic carbocycles. The van der Waals surface area contributed by atoms with Crippen molar-refractivity contribution in [2.75, 3.05) is 11.9 Å². The third-order valence-corrected chi connectivity index (χ3v) is 5.36. The van der Waals surface area contributed by atoms with Gasteiger partial charge in [-0.25, -0.2) is 4.79 Å². The molecule has 3 rings (SSSR count). The zero-order valence-electron chi connectivity index (χ0n) is 13.9. The summed E-state index contributed by atoms with van der Waals surface area (Å²) in [7, 11) is 0. The standard InChI is InChI=1S/C19H21NO3S/c1-12(2)14-7-3-4-8-15(14)20-18(21)11-23-19(22)17-10-13-6-5-9-16(13)24-17/h3-4,7-8,10,12H,5-6,9,11H2,1-2H3,(H,20,21). The second kappa shape index (κ2) is 7.18. The van der Waals surface area contributed by atoms with Crippen molar-refractivity contribution in [3.05, 3.63) is 51.2 Å². The van der Waals surface area contributed by atoms with E-state index in [2.05, 4.69) is 19.2 Å². The zero-order valence-corrected chi connectivity index (χ0v) is 14.7. The van der Waals surface area contributed by atoms with Gasteiger partial charge in [0.15, 0.2) is 6.61 Å². The van der Waals surface area contributed by atoms with Crippen LogP contribution in [-0.4, -0.2) is 18.5 Å². The fourth-order valence-electron chi connectivity index (χ4n) is 2.93. The van der Waals surface area contributed by atoms with E-state index in [-0.39, 0.29) is 12.5 Å². The maximum atomic E-state index is 12.1. The van der Waals surface area contributed by atoms with Crippen LogP contribution in [-0.2, 0) is 22.4 Å². The number of thiophene rings is 1. The highest BCUT2D eigenvalue weighted by atomic mass is 32.1. The van der Waals surface area contributed by atoms with Crippen LogP contribution < -0.4 is 5.32 Å². The summed E-state index contributed by atoms with van der Waals surface area (Å²) in [6.07, 6.45) is 3.24. The molecule has 1 aromatic carbocycles. The number of para-hydroxylation sites is 1. The van der Waals surface area contributed by atoms with E-state index in [0.29, 0.717) is 10.8 Å². The number of hydrogen-bond donors (Lipinski definition) is 1. The van der Waals surface area contributed by atoms with Gasteiger partial charge in [-0.15, -0.1) is 11.3 Å². The van der Waals surface area contributed by atoms with Gasteiger partial charge in [0.2, 0.25) is 0 Å². The summed E-state index contributed by atoms with van der Waals surface area (Å²) in [6, 6.07) is 9.57. The van der Waals surface area contributed by atoms with E-state index in [4.69, 9.17) is 4.74 Å². The van der Waals surface area contributed by atoms with Gasteiger partial charge in [-0.3, -0.25) is 4.79 Å². The molecule has 0 bridgehead atoms. The lowest BCUT2D eigenvalue weighted by atomic mass is 10.0. The summed E-state index contributed by atoms with van der Waals surface area (Å²) in [5.41, 5.74) is 3.08. The number of nitrogens with one attached hydrogen (secondary N) is 1. The van der Waals surface area contributed by atoms with Gasteiger partial charge in [0.25, 0.3) is 5.91 Å². The molecule has 1 heterocycles. The molecule has 0 saturated carbocycles. The van der Waals surface area contributed by atoms with E-state index in [9.17, 15) is 9.59 Å². The van der Waals surface area contributed by atoms with Gasteiger partial charge in [0, 0.05) is 10.6 Å². The molecule has 1 aliphatic rings. The molecule has 2 aromatic rings. The summed E-state index contributed by atoms with van der Waals surface area (Å²) in [6.45, 7) is 3.87. The topological polar surface area (TPSA) is 55.4 Å². The molecule has 0 saturated heterocycles. The van der Waals surface area contributed by atoms with Crippen molar-refractivity contribution in [3.63, 3.8) is 0 Å². The molecule has 1 aromatic heterocycles. The van der Waals surface area contributed by atoms with Crippen molar-refractivity contribution in [1.82, 2.24) is 0 Å². The Morgan fingerprint density at radius 1 is 1.25 bits per heavy atom. The lowest BCUT2D eigenvalue weighted by Gasteiger charge is -2.13. The highest BCUT2D eigenvalue weighted by Crippen LogP contribution is 2.31. The number of hydrogen-bond acceptors (Lipinski definition) is 4. The molecule has 1 N–H and O–H groups in total. The van der Waals surface area contributed by atoms with Crippen LogP contribution in [0.25, 0.3) is 0 Å². The van der Waals surface area contributed by atoms with E-state index in [1.807, 2.05) is 30.3 Å². The molecule has 1 amide bonds. The average Bonchev–Trinajstić information content (AvgIpc) is 3.14. The smallest absolute Gasteiger partial charge is 0.348 e. The second-order valence-electron chi connectivity index (χ2n) is 6.28. The third kappa shape index (κ3) is 3.67. The van der Waals surface area contributed by atoms with Crippen LogP contribution in [0.3, 0.4) is 0 Å². The number of ether oxygens (including phenoxy) is 1. The maximum Gasteiger partial charge on any atom is 0.348 e. The monoisotopic (exact) mass is 343 g/mol. The number of esters is 1. The first kappa shape index (κ1) is 16.7. The molecular formula is C19H21NO3S. The zero-order chi connectivity index (χ0) is 17.1. The Hall–Kier alpha value is -2.14. The molecule has 4 nitrogen and oxygen atoms in total. The number of aryl methyl sites for hydroxylation is 2. The second-order valence-corrected chi connectivity index (χ2v) is 7.42. The minimum Gasteiger partial charge on any atom is -0.451 e. The lowest BCUT2D eigenvalue weighted by molar-refractivity contribution is -0.119. The Kier molecular flexibility index (Phi) is 5.00. The van der Waals surface area contributed by atoms with Crippen LogP contribution in [0.1, 0.15) is 51.9 Å². The van der Waals surface area contributed by atoms with E-state index < -0.39 is 5.97 Å². The molecule has 0 aliphatic heterocycles. The van der Waals surface area contributed by atoms with Crippen LogP contribution in [0.15, 0.2) is 30.3 Å². The van der Waals surface area contributed by atoms with Crippen molar-refractivity contribution < 1.29 is 14.3 Å². The lowest BCUT2D eigenvalue weighted by Crippen LogP contribution is -2.21. The summed E-state index contributed by atoms with van der Waals surface area (Å²) in [5, 5.41) is 2.82. The molecule has 0 fully saturated rings. The summed E-state index contributed by atoms with van der Waals surface area (Å²) < 4.78 is 5.16. The van der Waals surface area contributed by atoms with E-state index >= 15 is 0 Å². The van der Waals surface area contributed by atoms with E-state index in [1.165, 1.54) is 21.8 Å². The minimum absolute atomic E-state index is 0.270. The molecule has 24 heavy (non-hydrogen) atoms. The number of rotatable bonds is 5. The summed E-state index contributed by atoms with van der Waals surface area (Å²) in [4.78, 5) is 26.0. The molecule has 0 atom stereocenters. The molecule has 5 heteroatoms. The fraction of sp³-hybridized carbons (Fsp3) is 0.368. The number of carbonyl (C=O) groups excluding carboxylic acids is 2. The van der Waals surface area contributed by atoms with Crippen LogP contribution >= 0.6 is 11.3 Å². The van der Waals surface area contributed by atoms with Crippen LogP contribution in [0.5, 0.6) is 0 Å². The average molecular weight is 343 g/mol. The van der Waals surface area contributed by atoms with Crippen LogP contribution in [0, 0.1) is 0 Å². The number of carbonyl (C=O) groups is 2. The third-order valence-electron chi connectivity index (χ3n) is 4.14. The van der Waals surface area contributed by atoms with Crippen molar-refractivity contribution in [2.45, 2.75) is 39.0 Å². The normalized spacial score (nSPS) is 13.0. The largest absolute Gasteiger partial charge is 0.451 e. The molecule has 126 valence electrons. The highest BCUT2D eigenvalue weighted by molar-refractivity contribution is 7.14. The Morgan fingerprint density at radius 3 is 2.79 bits per heavy atom. The predicted molar refractivity (Wildman–Crippen MR) is 95.8 cm³/mol. The number of amides is 1. The maximum absolute atomic E-state index is 12.1. The van der Waals surface area contributed by atoms with Crippen LogP contribution in [0.4, 0.5) is 5.69 Å². The minimum atomic E-state index is -0.415. The first-order valence-electron chi connectivity index (χ1n) is 8.22. The fourth-order valence-corrected chi connectivity index (χ4v) is 4.08. The SMILES string of the molecule is CC(C)c1ccccc1NC(=O)COC(=O)c1cc2c(s1)CCC2. The quantitative estimate of drug-likeness (QED) is 0.830. The van der Waals surface area contributed by atoms with E-state index in [1.54, 1.807) is 0 Å². The number of anilines is 1. The molecule has 0 radical (unpaired) electrons. The van der Waals surface area contributed by atoms with Crippen molar-refractivity contribution in [2.24, 2.45) is 0 Å². The highest BCUT2D eigenvalue weighted by Gasteiger charge is 2.20. The summed E-state index contributed by atoms with van der Waals surface area (Å²) >= 11 is 1.49. The first-order valence-corrected chi connectivity index (χ1v) is 9.03. The van der Waals surface area contributed by atoms with Gasteiger partial charge in [-0.1, -0.05) is 32.0 Å². The van der Waals surface area contributed by atoms with Crippen molar-refractivity contribution in [3.8, 4) is 0 Å².